The first kappa shape index (κ1) is 20.5. The first-order valence-corrected chi connectivity index (χ1v) is 11.8. The average Bonchev–Trinajstić information content (AvgIpc) is 3.45. The number of rotatable bonds is 5. The third-order valence-electron chi connectivity index (χ3n) is 6.10. The van der Waals surface area contributed by atoms with E-state index in [2.05, 4.69) is 5.32 Å². The fraction of sp³-hybridized carbons (Fsp3) is 0.208. The van der Waals surface area contributed by atoms with Crippen molar-refractivity contribution in [3.05, 3.63) is 71.8 Å². The number of amides is 1. The first-order chi connectivity index (χ1) is 15.3. The van der Waals surface area contributed by atoms with Crippen molar-refractivity contribution in [2.24, 2.45) is 5.14 Å². The van der Waals surface area contributed by atoms with Gasteiger partial charge in [-0.25, -0.2) is 13.6 Å². The molecule has 0 spiro atoms. The Labute approximate surface area is 189 Å². The van der Waals surface area contributed by atoms with Crippen LogP contribution in [0.1, 0.15) is 26.8 Å². The highest BCUT2D eigenvalue weighted by Gasteiger charge is 2.51. The molecule has 1 amide bonds. The summed E-state index contributed by atoms with van der Waals surface area (Å²) in [6.07, 6.45) is 1.54. The summed E-state index contributed by atoms with van der Waals surface area (Å²) in [6.45, 7) is 2.16. The number of aryl methyl sites for hydroxylation is 1. The number of hydrogen-bond donors (Lipinski definition) is 2. The van der Waals surface area contributed by atoms with Gasteiger partial charge in [0.15, 0.2) is 11.5 Å². The summed E-state index contributed by atoms with van der Waals surface area (Å²) in [5.41, 5.74) is 3.77. The smallest absolute Gasteiger partial charge is 0.238 e. The normalized spacial score (nSPS) is 15.9. The monoisotopic (exact) mass is 454 g/mol. The van der Waals surface area contributed by atoms with Crippen LogP contribution in [-0.4, -0.2) is 21.1 Å². The van der Waals surface area contributed by atoms with Gasteiger partial charge in [0.2, 0.25) is 22.7 Å². The Balaban J connectivity index is 0.00000162. The van der Waals surface area contributed by atoms with Gasteiger partial charge in [0, 0.05) is 8.54 Å². The third-order valence-corrected chi connectivity index (χ3v) is 7.03. The molecule has 0 radical (unpaired) electrons. The van der Waals surface area contributed by atoms with E-state index in [9.17, 15) is 13.2 Å². The van der Waals surface area contributed by atoms with E-state index in [1.54, 1.807) is 12.1 Å². The highest BCUT2D eigenvalue weighted by Crippen LogP contribution is 2.51. The molecular weight excluding hydrogens is 428 g/mol. The van der Waals surface area contributed by atoms with Crippen molar-refractivity contribution >= 4 is 21.6 Å². The maximum atomic E-state index is 13.2. The van der Waals surface area contributed by atoms with Gasteiger partial charge in [-0.15, -0.1) is 0 Å². The Morgan fingerprint density at radius 2 is 1.72 bits per heavy atom. The number of benzene rings is 3. The van der Waals surface area contributed by atoms with E-state index in [1.807, 2.05) is 43.3 Å². The van der Waals surface area contributed by atoms with Gasteiger partial charge in [-0.05, 0) is 78.4 Å². The lowest BCUT2D eigenvalue weighted by molar-refractivity contribution is -0.118. The minimum absolute atomic E-state index is 0. The molecule has 0 aromatic heterocycles. The van der Waals surface area contributed by atoms with Crippen molar-refractivity contribution in [2.45, 2.75) is 30.1 Å². The van der Waals surface area contributed by atoms with Crippen LogP contribution in [0.2, 0.25) is 0 Å². The molecule has 0 saturated heterocycles. The molecule has 3 N–H and O–H groups in total. The first-order valence-electron chi connectivity index (χ1n) is 10.2. The summed E-state index contributed by atoms with van der Waals surface area (Å²) in [5.74, 6) is 1.31. The van der Waals surface area contributed by atoms with Gasteiger partial charge in [-0.3, -0.25) is 4.79 Å². The van der Waals surface area contributed by atoms with Crippen LogP contribution in [0.4, 0.5) is 5.69 Å². The zero-order chi connectivity index (χ0) is 22.5. The average molecular weight is 455 g/mol. The highest BCUT2D eigenvalue weighted by atomic mass is 32.2. The molecule has 32 heavy (non-hydrogen) atoms. The van der Waals surface area contributed by atoms with Crippen LogP contribution < -0.4 is 19.9 Å². The number of anilines is 1. The quantitative estimate of drug-likeness (QED) is 0.601. The molecule has 2 aliphatic rings. The number of nitrogens with two attached hydrogens (primary N) is 1. The lowest BCUT2D eigenvalue weighted by Gasteiger charge is -2.17. The molecule has 5 rings (SSSR count). The molecule has 3 aromatic rings. The Bertz CT molecular complexity index is 1340. The topological polar surface area (TPSA) is 108 Å². The van der Waals surface area contributed by atoms with Gasteiger partial charge in [-0.1, -0.05) is 24.3 Å². The zero-order valence-corrected chi connectivity index (χ0v) is 18.2. The molecule has 8 heteroatoms. The Hall–Kier alpha value is -3.36. The minimum Gasteiger partial charge on any atom is -0.454 e. The molecular formula is C24H26N2O5S. The Kier molecular flexibility index (Phi) is 4.72. The maximum Gasteiger partial charge on any atom is 0.238 e. The van der Waals surface area contributed by atoms with Crippen LogP contribution in [0.3, 0.4) is 0 Å². The van der Waals surface area contributed by atoms with E-state index >= 15 is 0 Å². The van der Waals surface area contributed by atoms with Crippen LogP contribution in [0.15, 0.2) is 65.6 Å². The molecule has 0 atom stereocenters. The molecule has 0 unspecified atom stereocenters. The number of ether oxygens (including phenoxy) is 2. The van der Waals surface area contributed by atoms with Crippen LogP contribution in [0.25, 0.3) is 11.1 Å². The minimum atomic E-state index is -3.75. The Morgan fingerprint density at radius 1 is 1.00 bits per heavy atom. The van der Waals surface area contributed by atoms with E-state index in [0.29, 0.717) is 17.2 Å². The van der Waals surface area contributed by atoms with Crippen LogP contribution in [0.5, 0.6) is 11.5 Å². The van der Waals surface area contributed by atoms with Gasteiger partial charge in [0.05, 0.1) is 10.3 Å². The number of carbonyl (C=O) groups excluding carboxylic acids is 1. The summed E-state index contributed by atoms with van der Waals surface area (Å²) in [7, 11) is -3.75. The van der Waals surface area contributed by atoms with Crippen molar-refractivity contribution < 1.29 is 25.5 Å². The standard InChI is InChI=1S/C24H22N2O5S.2H2/c1-15-2-6-18(13-20(15)16-3-7-19(8-4-16)32(25,28)29)26-23(27)24(10-11-24)17-5-9-21-22(12-17)31-14-30-21;;/h2-9,12-13H,10-11,14H2,1H3,(H,26,27)(H2,25,28,29);2*1H. The number of sulfonamides is 1. The summed E-state index contributed by atoms with van der Waals surface area (Å²) >= 11 is 0. The van der Waals surface area contributed by atoms with Crippen LogP contribution in [-0.2, 0) is 20.2 Å². The molecule has 3 aromatic carbocycles. The lowest BCUT2D eigenvalue weighted by Crippen LogP contribution is -2.27. The largest absolute Gasteiger partial charge is 0.454 e. The van der Waals surface area contributed by atoms with Crippen LogP contribution in [0, 0.1) is 6.92 Å². The second-order valence-electron chi connectivity index (χ2n) is 8.20. The highest BCUT2D eigenvalue weighted by molar-refractivity contribution is 7.89. The molecule has 1 fully saturated rings. The summed E-state index contributed by atoms with van der Waals surface area (Å²) < 4.78 is 33.9. The number of carbonyl (C=O) groups is 1. The van der Waals surface area contributed by atoms with E-state index in [0.717, 1.165) is 35.1 Å². The van der Waals surface area contributed by atoms with Crippen molar-refractivity contribution in [1.82, 2.24) is 0 Å². The van der Waals surface area contributed by atoms with Gasteiger partial charge < -0.3 is 14.8 Å². The summed E-state index contributed by atoms with van der Waals surface area (Å²) in [6, 6.07) is 17.7. The second-order valence-corrected chi connectivity index (χ2v) is 9.76. The zero-order valence-electron chi connectivity index (χ0n) is 17.4. The predicted octanol–water partition coefficient (Wildman–Crippen LogP) is 4.20. The van der Waals surface area contributed by atoms with Crippen LogP contribution >= 0.6 is 0 Å². The molecule has 1 heterocycles. The van der Waals surface area contributed by atoms with Crippen molar-refractivity contribution in [2.75, 3.05) is 12.1 Å². The summed E-state index contributed by atoms with van der Waals surface area (Å²) in [5, 5.41) is 8.25. The molecule has 7 nitrogen and oxygen atoms in total. The molecule has 1 saturated carbocycles. The van der Waals surface area contributed by atoms with Gasteiger partial charge >= 0.3 is 0 Å². The number of primary sulfonamides is 1. The maximum absolute atomic E-state index is 13.2. The third kappa shape index (κ3) is 3.61. The predicted molar refractivity (Wildman–Crippen MR) is 124 cm³/mol. The van der Waals surface area contributed by atoms with Crippen molar-refractivity contribution in [3.63, 3.8) is 0 Å². The molecule has 1 aliphatic heterocycles. The summed E-state index contributed by atoms with van der Waals surface area (Å²) in [4.78, 5) is 13.3. The number of fused-ring (bicyclic) bond motifs is 1. The SMILES string of the molecule is Cc1ccc(NC(=O)C2(c3ccc4c(c3)OCO4)CC2)cc1-c1ccc(S(N)(=O)=O)cc1.[HH].[HH]. The van der Waals surface area contributed by atoms with Gasteiger partial charge in [-0.2, -0.15) is 0 Å². The van der Waals surface area contributed by atoms with E-state index in [1.165, 1.54) is 12.1 Å². The molecule has 0 bridgehead atoms. The lowest BCUT2D eigenvalue weighted by atomic mass is 9.94. The van der Waals surface area contributed by atoms with E-state index < -0.39 is 15.4 Å². The second kappa shape index (κ2) is 7.36. The number of hydrogen-bond acceptors (Lipinski definition) is 5. The molecule has 168 valence electrons. The Morgan fingerprint density at radius 3 is 2.41 bits per heavy atom. The molecule has 1 aliphatic carbocycles. The van der Waals surface area contributed by atoms with E-state index in [-0.39, 0.29) is 20.4 Å². The fourth-order valence-electron chi connectivity index (χ4n) is 4.05. The number of nitrogens with one attached hydrogen (secondary N) is 1. The van der Waals surface area contributed by atoms with Gasteiger partial charge in [0.1, 0.15) is 0 Å². The van der Waals surface area contributed by atoms with Gasteiger partial charge in [0.25, 0.3) is 0 Å². The fourth-order valence-corrected chi connectivity index (χ4v) is 4.57. The van der Waals surface area contributed by atoms with Crippen molar-refractivity contribution in [3.8, 4) is 22.6 Å². The van der Waals surface area contributed by atoms with E-state index in [4.69, 9.17) is 14.6 Å². The van der Waals surface area contributed by atoms with Crippen molar-refractivity contribution in [1.29, 1.82) is 0 Å².